The van der Waals surface area contributed by atoms with Gasteiger partial charge in [0.1, 0.15) is 0 Å². The summed E-state index contributed by atoms with van der Waals surface area (Å²) in [4.78, 5) is 26.5. The molecular weight excluding hydrogens is 328 g/mol. The molecule has 2 amide bonds. The van der Waals surface area contributed by atoms with Crippen LogP contribution in [0.25, 0.3) is 0 Å². The summed E-state index contributed by atoms with van der Waals surface area (Å²) in [5, 5.41) is 4.22. The molecule has 3 aliphatic rings. The number of hydrogen-bond donors (Lipinski definition) is 2. The molecule has 0 saturated carbocycles. The van der Waals surface area contributed by atoms with E-state index < -0.39 is 6.03 Å². The van der Waals surface area contributed by atoms with Crippen molar-refractivity contribution in [2.75, 3.05) is 6.54 Å². The number of carbonyl (C=O) groups is 2. The number of fused-ring (bicyclic) bond motifs is 4. The van der Waals surface area contributed by atoms with Gasteiger partial charge in [-0.2, -0.15) is 5.10 Å². The average Bonchev–Trinajstić information content (AvgIpc) is 2.58. The number of carbonyl (C=O) groups excluding carboxylic acids is 2. The van der Waals surface area contributed by atoms with Crippen LogP contribution in [-0.2, 0) is 11.2 Å². The van der Waals surface area contributed by atoms with Crippen molar-refractivity contribution in [2.24, 2.45) is 16.3 Å². The van der Waals surface area contributed by atoms with E-state index in [-0.39, 0.29) is 17.2 Å². The van der Waals surface area contributed by atoms with Gasteiger partial charge >= 0.3 is 6.03 Å². The second-order valence-electron chi connectivity index (χ2n) is 8.16. The van der Waals surface area contributed by atoms with Crippen LogP contribution in [0, 0.1) is 5.41 Å². The minimum absolute atomic E-state index is 0.0724. The molecule has 0 fully saturated rings. The number of nitrogens with zero attached hydrogens (tertiary/aromatic N) is 2. The molecule has 0 radical (unpaired) electrons. The Bertz CT molecular complexity index is 853. The van der Waals surface area contributed by atoms with Gasteiger partial charge in [-0.3, -0.25) is 4.79 Å². The number of benzene rings is 1. The zero-order valence-electron chi connectivity index (χ0n) is 15.2. The molecule has 0 unspecified atom stereocenters. The summed E-state index contributed by atoms with van der Waals surface area (Å²) in [5.74, 6) is 0.110. The Hall–Kier alpha value is -2.63. The lowest BCUT2D eigenvalue weighted by molar-refractivity contribution is -0.118. The van der Waals surface area contributed by atoms with Crippen LogP contribution < -0.4 is 11.2 Å². The number of hydrazone groups is 1. The maximum atomic E-state index is 12.9. The number of rotatable bonds is 1. The Balaban J connectivity index is 1.84. The first-order valence-corrected chi connectivity index (χ1v) is 9.09. The number of nitrogens with one attached hydrogen (secondary N) is 1. The van der Waals surface area contributed by atoms with Gasteiger partial charge in [-0.15, -0.1) is 0 Å². The first kappa shape index (κ1) is 16.8. The van der Waals surface area contributed by atoms with Crippen molar-refractivity contribution >= 4 is 17.5 Å². The Morgan fingerprint density at radius 1 is 1.31 bits per heavy atom. The second kappa shape index (κ2) is 5.97. The monoisotopic (exact) mass is 352 g/mol. The third-order valence-electron chi connectivity index (χ3n) is 5.59. The van der Waals surface area contributed by atoms with Crippen LogP contribution in [-0.4, -0.2) is 29.0 Å². The molecule has 6 nitrogen and oxygen atoms in total. The van der Waals surface area contributed by atoms with E-state index in [1.807, 2.05) is 0 Å². The molecule has 1 aromatic rings. The molecule has 0 bridgehead atoms. The van der Waals surface area contributed by atoms with Crippen LogP contribution in [0.3, 0.4) is 0 Å². The SMILES string of the molecule is CC1(C)CC(=O)C2=C(C1)N1CCc3ccccc3[C@@H]1C/C2=N/NC(N)=O. The smallest absolute Gasteiger partial charge is 0.332 e. The van der Waals surface area contributed by atoms with Gasteiger partial charge in [0.15, 0.2) is 5.78 Å². The zero-order chi connectivity index (χ0) is 18.5. The van der Waals surface area contributed by atoms with Crippen molar-refractivity contribution in [3.63, 3.8) is 0 Å². The maximum absolute atomic E-state index is 12.9. The zero-order valence-corrected chi connectivity index (χ0v) is 15.2. The number of amides is 2. The molecular formula is C20H24N4O2. The van der Waals surface area contributed by atoms with Gasteiger partial charge in [0.2, 0.25) is 0 Å². The normalized spacial score (nSPS) is 25.5. The highest BCUT2D eigenvalue weighted by Gasteiger charge is 2.44. The van der Waals surface area contributed by atoms with E-state index in [0.29, 0.717) is 24.1 Å². The van der Waals surface area contributed by atoms with Crippen molar-refractivity contribution in [1.82, 2.24) is 10.3 Å². The Morgan fingerprint density at radius 2 is 2.08 bits per heavy atom. The van der Waals surface area contributed by atoms with Crippen LogP contribution in [0.15, 0.2) is 40.6 Å². The fraction of sp³-hybridized carbons (Fsp3) is 0.450. The number of primary amides is 1. The standard InChI is InChI=1S/C20H24N4O2/c1-20(2)10-16-18(17(25)11-20)14(22-23-19(21)26)9-15-13-6-4-3-5-12(13)7-8-24(15)16/h3-6,15H,7-11H2,1-2H3,(H3,21,23,26)/b22-14-/t15-/m0/s1. The fourth-order valence-electron chi connectivity index (χ4n) is 4.56. The third-order valence-corrected chi connectivity index (χ3v) is 5.59. The number of allylic oxidation sites excluding steroid dienone is 2. The van der Waals surface area contributed by atoms with Crippen LogP contribution in [0.5, 0.6) is 0 Å². The molecule has 3 N–H and O–H groups in total. The van der Waals surface area contributed by atoms with Crippen molar-refractivity contribution in [2.45, 2.75) is 45.6 Å². The summed E-state index contributed by atoms with van der Waals surface area (Å²) in [7, 11) is 0. The van der Waals surface area contributed by atoms with E-state index in [1.165, 1.54) is 11.1 Å². The predicted molar refractivity (Wildman–Crippen MR) is 99.4 cm³/mol. The molecule has 0 saturated heterocycles. The molecule has 2 heterocycles. The first-order valence-electron chi connectivity index (χ1n) is 9.09. The van der Waals surface area contributed by atoms with E-state index in [4.69, 9.17) is 5.73 Å². The highest BCUT2D eigenvalue weighted by molar-refractivity contribution is 6.24. The molecule has 0 spiro atoms. The molecule has 1 aromatic carbocycles. The number of Topliss-reactive ketones (excluding diaryl/α,β-unsaturated/α-hetero) is 1. The van der Waals surface area contributed by atoms with Gasteiger partial charge in [-0.05, 0) is 29.4 Å². The van der Waals surface area contributed by atoms with Gasteiger partial charge in [-0.25, -0.2) is 10.2 Å². The van der Waals surface area contributed by atoms with E-state index >= 15 is 0 Å². The quantitative estimate of drug-likeness (QED) is 0.762. The summed E-state index contributed by atoms with van der Waals surface area (Å²) >= 11 is 0. The maximum Gasteiger partial charge on any atom is 0.332 e. The lowest BCUT2D eigenvalue weighted by Gasteiger charge is -2.48. The van der Waals surface area contributed by atoms with Crippen molar-refractivity contribution in [3.05, 3.63) is 46.7 Å². The van der Waals surface area contributed by atoms with E-state index in [1.54, 1.807) is 0 Å². The highest BCUT2D eigenvalue weighted by Crippen LogP contribution is 2.47. The van der Waals surface area contributed by atoms with Gasteiger partial charge in [-0.1, -0.05) is 38.1 Å². The van der Waals surface area contributed by atoms with Crippen LogP contribution in [0.1, 0.15) is 50.3 Å². The second-order valence-corrected chi connectivity index (χ2v) is 8.16. The molecule has 26 heavy (non-hydrogen) atoms. The molecule has 136 valence electrons. The lowest BCUT2D eigenvalue weighted by atomic mass is 9.71. The largest absolute Gasteiger partial charge is 0.366 e. The third kappa shape index (κ3) is 2.79. The van der Waals surface area contributed by atoms with Crippen LogP contribution >= 0.6 is 0 Å². The van der Waals surface area contributed by atoms with Crippen LogP contribution in [0.2, 0.25) is 0 Å². The minimum atomic E-state index is -0.713. The fourth-order valence-corrected chi connectivity index (χ4v) is 4.56. The minimum Gasteiger partial charge on any atom is -0.366 e. The van der Waals surface area contributed by atoms with Crippen molar-refractivity contribution in [3.8, 4) is 0 Å². The first-order chi connectivity index (χ1) is 12.4. The van der Waals surface area contributed by atoms with E-state index in [2.05, 4.69) is 53.5 Å². The molecule has 2 aliphatic heterocycles. The molecule has 1 aliphatic carbocycles. The number of urea groups is 1. The van der Waals surface area contributed by atoms with Gasteiger partial charge in [0.05, 0.1) is 17.3 Å². The summed E-state index contributed by atoms with van der Waals surface area (Å²) < 4.78 is 0. The number of nitrogens with two attached hydrogens (primary N) is 1. The van der Waals surface area contributed by atoms with E-state index in [9.17, 15) is 9.59 Å². The Labute approximate surface area is 153 Å². The Morgan fingerprint density at radius 3 is 2.85 bits per heavy atom. The lowest BCUT2D eigenvalue weighted by Crippen LogP contribution is -2.46. The summed E-state index contributed by atoms with van der Waals surface area (Å²) in [5.41, 5.74) is 12.5. The summed E-state index contributed by atoms with van der Waals surface area (Å²) in [6, 6.07) is 7.89. The summed E-state index contributed by atoms with van der Waals surface area (Å²) in [6.07, 6.45) is 2.91. The molecule has 0 aromatic heterocycles. The molecule has 1 atom stereocenters. The van der Waals surface area contributed by atoms with E-state index in [0.717, 1.165) is 25.1 Å². The van der Waals surface area contributed by atoms with Crippen molar-refractivity contribution < 1.29 is 9.59 Å². The number of ketones is 1. The summed E-state index contributed by atoms with van der Waals surface area (Å²) in [6.45, 7) is 5.17. The van der Waals surface area contributed by atoms with Crippen LogP contribution in [0.4, 0.5) is 4.79 Å². The average molecular weight is 352 g/mol. The van der Waals surface area contributed by atoms with Gasteiger partial charge < -0.3 is 10.6 Å². The van der Waals surface area contributed by atoms with Gasteiger partial charge in [0.25, 0.3) is 0 Å². The predicted octanol–water partition coefficient (Wildman–Crippen LogP) is 2.66. The van der Waals surface area contributed by atoms with Crippen molar-refractivity contribution in [1.29, 1.82) is 0 Å². The topological polar surface area (TPSA) is 87.8 Å². The number of hydrogen-bond acceptors (Lipinski definition) is 4. The molecule has 4 rings (SSSR count). The Kier molecular flexibility index (Phi) is 3.86. The molecule has 6 heteroatoms. The van der Waals surface area contributed by atoms with Gasteiger partial charge in [0, 0.05) is 25.1 Å². The highest BCUT2D eigenvalue weighted by atomic mass is 16.2.